The van der Waals surface area contributed by atoms with Crippen molar-refractivity contribution in [3.63, 3.8) is 0 Å². The van der Waals surface area contributed by atoms with Gasteiger partial charge in [-0.1, -0.05) is 24.3 Å². The molecule has 188 valence electrons. The average Bonchev–Trinajstić information content (AvgIpc) is 3.37. The van der Waals surface area contributed by atoms with Gasteiger partial charge in [-0.25, -0.2) is 4.68 Å². The Morgan fingerprint density at radius 2 is 1.75 bits per heavy atom. The lowest BCUT2D eigenvalue weighted by atomic mass is 10.1. The summed E-state index contributed by atoms with van der Waals surface area (Å²) in [5, 5.41) is 7.57. The average molecular weight is 490 g/mol. The van der Waals surface area contributed by atoms with Gasteiger partial charge in [0.15, 0.2) is 11.5 Å². The lowest BCUT2D eigenvalue weighted by Crippen LogP contribution is -2.51. The molecule has 2 heterocycles. The molecule has 3 aromatic rings. The molecular formula is C27H31N5O4. The molecule has 1 aliphatic heterocycles. The van der Waals surface area contributed by atoms with E-state index in [0.29, 0.717) is 62.0 Å². The summed E-state index contributed by atoms with van der Waals surface area (Å²) in [4.78, 5) is 29.6. The summed E-state index contributed by atoms with van der Waals surface area (Å²) in [5.74, 6) is 1.02. The van der Waals surface area contributed by atoms with Crippen LogP contribution in [0.1, 0.15) is 10.4 Å². The highest BCUT2D eigenvalue weighted by Gasteiger charge is 2.27. The second-order valence-electron chi connectivity index (χ2n) is 8.40. The zero-order valence-electron chi connectivity index (χ0n) is 20.6. The molecule has 36 heavy (non-hydrogen) atoms. The van der Waals surface area contributed by atoms with Gasteiger partial charge in [-0.3, -0.25) is 14.5 Å². The molecule has 0 bridgehead atoms. The summed E-state index contributed by atoms with van der Waals surface area (Å²) in [6.07, 6.45) is 3.43. The first kappa shape index (κ1) is 25.0. The SMILES string of the molecule is C=CCNC(=O)CN1CCN(C(=O)c2cn(-c3ccccc3)nc2-c2ccc(OC)c(OC)c2)CC1. The van der Waals surface area contributed by atoms with Gasteiger partial charge in [0, 0.05) is 44.5 Å². The lowest BCUT2D eigenvalue weighted by Gasteiger charge is -2.34. The number of hydrogen-bond acceptors (Lipinski definition) is 6. The summed E-state index contributed by atoms with van der Waals surface area (Å²) < 4.78 is 12.6. The van der Waals surface area contributed by atoms with E-state index in [0.717, 1.165) is 11.3 Å². The molecule has 0 atom stereocenters. The predicted molar refractivity (Wildman–Crippen MR) is 138 cm³/mol. The fraction of sp³-hybridized carbons (Fsp3) is 0.296. The molecule has 0 radical (unpaired) electrons. The molecule has 1 aromatic heterocycles. The number of aromatic nitrogens is 2. The topological polar surface area (TPSA) is 88.9 Å². The first-order chi connectivity index (χ1) is 17.5. The largest absolute Gasteiger partial charge is 0.493 e. The number of rotatable bonds is 9. The van der Waals surface area contributed by atoms with E-state index < -0.39 is 0 Å². The molecular weight excluding hydrogens is 458 g/mol. The Bertz CT molecular complexity index is 1220. The molecule has 2 amide bonds. The third-order valence-corrected chi connectivity index (χ3v) is 6.09. The van der Waals surface area contributed by atoms with Crippen LogP contribution in [0.25, 0.3) is 16.9 Å². The minimum atomic E-state index is -0.0993. The standard InChI is InChI=1S/C27H31N5O4/c1-4-12-28-25(33)19-30-13-15-31(16-14-30)27(34)22-18-32(21-8-6-5-7-9-21)29-26(22)20-10-11-23(35-2)24(17-20)36-3/h4-11,17-18H,1,12-16,19H2,2-3H3,(H,28,33). The number of amides is 2. The van der Waals surface area contributed by atoms with Crippen LogP contribution in [0.4, 0.5) is 0 Å². The minimum absolute atomic E-state index is 0.0467. The van der Waals surface area contributed by atoms with E-state index in [1.807, 2.05) is 52.3 Å². The highest BCUT2D eigenvalue weighted by Crippen LogP contribution is 2.34. The van der Waals surface area contributed by atoms with E-state index in [9.17, 15) is 9.59 Å². The summed E-state index contributed by atoms with van der Waals surface area (Å²) in [5.41, 5.74) is 2.68. The Balaban J connectivity index is 1.59. The molecule has 9 heteroatoms. The molecule has 0 unspecified atom stereocenters. The number of benzene rings is 2. The van der Waals surface area contributed by atoms with Crippen LogP contribution in [0.15, 0.2) is 67.4 Å². The lowest BCUT2D eigenvalue weighted by molar-refractivity contribution is -0.122. The maximum Gasteiger partial charge on any atom is 0.257 e. The number of carbonyl (C=O) groups excluding carboxylic acids is 2. The summed E-state index contributed by atoms with van der Waals surface area (Å²) in [7, 11) is 3.16. The number of ether oxygens (including phenoxy) is 2. The van der Waals surface area contributed by atoms with E-state index >= 15 is 0 Å². The van der Waals surface area contributed by atoms with Crippen molar-refractivity contribution in [2.45, 2.75) is 0 Å². The third kappa shape index (κ3) is 5.58. The third-order valence-electron chi connectivity index (χ3n) is 6.09. The van der Waals surface area contributed by atoms with E-state index in [4.69, 9.17) is 14.6 Å². The van der Waals surface area contributed by atoms with E-state index in [2.05, 4.69) is 11.9 Å². The number of methoxy groups -OCH3 is 2. The molecule has 2 aromatic carbocycles. The van der Waals surface area contributed by atoms with E-state index in [1.165, 1.54) is 0 Å². The van der Waals surface area contributed by atoms with Crippen molar-refractivity contribution in [1.82, 2.24) is 24.9 Å². The molecule has 1 N–H and O–H groups in total. The fourth-order valence-corrected chi connectivity index (χ4v) is 4.16. The zero-order valence-corrected chi connectivity index (χ0v) is 20.6. The second-order valence-corrected chi connectivity index (χ2v) is 8.40. The highest BCUT2D eigenvalue weighted by atomic mass is 16.5. The van der Waals surface area contributed by atoms with Crippen molar-refractivity contribution < 1.29 is 19.1 Å². The number of para-hydroxylation sites is 1. The first-order valence-corrected chi connectivity index (χ1v) is 11.8. The molecule has 1 saturated heterocycles. The van der Waals surface area contributed by atoms with Gasteiger partial charge in [0.2, 0.25) is 5.91 Å². The van der Waals surface area contributed by atoms with Crippen LogP contribution >= 0.6 is 0 Å². The van der Waals surface area contributed by atoms with Crippen LogP contribution in [0.2, 0.25) is 0 Å². The molecule has 0 spiro atoms. The molecule has 1 aliphatic rings. The Kier molecular flexibility index (Phi) is 8.02. The number of carbonyl (C=O) groups is 2. The zero-order chi connectivity index (χ0) is 25.5. The predicted octanol–water partition coefficient (Wildman–Crippen LogP) is 2.62. The van der Waals surface area contributed by atoms with Gasteiger partial charge >= 0.3 is 0 Å². The Morgan fingerprint density at radius 3 is 2.42 bits per heavy atom. The van der Waals surface area contributed by atoms with Gasteiger partial charge in [-0.05, 0) is 30.3 Å². The second kappa shape index (κ2) is 11.5. The van der Waals surface area contributed by atoms with Crippen LogP contribution in [-0.4, -0.2) is 84.9 Å². The molecule has 1 fully saturated rings. The first-order valence-electron chi connectivity index (χ1n) is 11.8. The van der Waals surface area contributed by atoms with Gasteiger partial charge in [-0.2, -0.15) is 5.10 Å². The van der Waals surface area contributed by atoms with Gasteiger partial charge in [-0.15, -0.1) is 6.58 Å². The van der Waals surface area contributed by atoms with Gasteiger partial charge in [0.05, 0.1) is 32.0 Å². The quantitative estimate of drug-likeness (QED) is 0.465. The van der Waals surface area contributed by atoms with E-state index in [-0.39, 0.29) is 11.8 Å². The van der Waals surface area contributed by atoms with Crippen LogP contribution < -0.4 is 14.8 Å². The highest BCUT2D eigenvalue weighted by molar-refractivity contribution is 6.00. The summed E-state index contributed by atoms with van der Waals surface area (Å²) in [6, 6.07) is 15.2. The van der Waals surface area contributed by atoms with Crippen molar-refractivity contribution in [1.29, 1.82) is 0 Å². The maximum absolute atomic E-state index is 13.7. The number of hydrogen-bond donors (Lipinski definition) is 1. The molecule has 0 saturated carbocycles. The Labute approximate surface area is 210 Å². The van der Waals surface area contributed by atoms with Crippen molar-refractivity contribution in [2.75, 3.05) is 53.5 Å². The van der Waals surface area contributed by atoms with Crippen molar-refractivity contribution in [2.24, 2.45) is 0 Å². The van der Waals surface area contributed by atoms with Crippen LogP contribution in [0, 0.1) is 0 Å². The maximum atomic E-state index is 13.7. The minimum Gasteiger partial charge on any atom is -0.493 e. The van der Waals surface area contributed by atoms with Crippen molar-refractivity contribution >= 4 is 11.8 Å². The van der Waals surface area contributed by atoms with Crippen molar-refractivity contribution in [3.8, 4) is 28.4 Å². The Hall–Kier alpha value is -4.11. The number of nitrogens with one attached hydrogen (secondary N) is 1. The Morgan fingerprint density at radius 1 is 1.03 bits per heavy atom. The van der Waals surface area contributed by atoms with Crippen molar-refractivity contribution in [3.05, 3.63) is 72.9 Å². The number of piperazine rings is 1. The number of nitrogens with zero attached hydrogens (tertiary/aromatic N) is 4. The smallest absolute Gasteiger partial charge is 0.257 e. The normalized spacial score (nSPS) is 13.8. The van der Waals surface area contributed by atoms with Crippen LogP contribution in [0.5, 0.6) is 11.5 Å². The van der Waals surface area contributed by atoms with Gasteiger partial charge in [0.25, 0.3) is 5.91 Å². The molecule has 9 nitrogen and oxygen atoms in total. The molecule has 4 rings (SSSR count). The van der Waals surface area contributed by atoms with Gasteiger partial charge in [0.1, 0.15) is 5.69 Å². The summed E-state index contributed by atoms with van der Waals surface area (Å²) in [6.45, 7) is 6.64. The van der Waals surface area contributed by atoms with Crippen LogP contribution in [0.3, 0.4) is 0 Å². The fourth-order valence-electron chi connectivity index (χ4n) is 4.16. The van der Waals surface area contributed by atoms with Crippen LogP contribution in [-0.2, 0) is 4.79 Å². The monoisotopic (exact) mass is 489 g/mol. The van der Waals surface area contributed by atoms with E-state index in [1.54, 1.807) is 37.2 Å². The molecule has 0 aliphatic carbocycles. The summed E-state index contributed by atoms with van der Waals surface area (Å²) >= 11 is 0. The van der Waals surface area contributed by atoms with Gasteiger partial charge < -0.3 is 19.7 Å².